The standard InChI is InChI=1S/C21H47P/c1-7-12-17-21(16-11-5,18-13-8-2)22(6,19-14-9-3)20-15-10-4/h22H,7-20H2,1-6H3. The van der Waals surface area contributed by atoms with E-state index in [1.54, 1.807) is 12.3 Å². The van der Waals surface area contributed by atoms with Crippen LogP contribution in [0.4, 0.5) is 0 Å². The van der Waals surface area contributed by atoms with Crippen LogP contribution < -0.4 is 0 Å². The molecule has 0 N–H and O–H groups in total. The molecule has 136 valence electrons. The summed E-state index contributed by atoms with van der Waals surface area (Å²) in [5.74, 6) is 0. The Morgan fingerprint density at radius 1 is 0.545 bits per heavy atom. The monoisotopic (exact) mass is 330 g/mol. The van der Waals surface area contributed by atoms with Gasteiger partial charge in [-0.2, -0.15) is 0 Å². The summed E-state index contributed by atoms with van der Waals surface area (Å²) in [5.41, 5.74) is 0. The van der Waals surface area contributed by atoms with Crippen molar-refractivity contribution in [3.8, 4) is 0 Å². The maximum absolute atomic E-state index is 2.80. The molecule has 1 heteroatoms. The van der Waals surface area contributed by atoms with E-state index in [4.69, 9.17) is 0 Å². The first-order valence-electron chi connectivity index (χ1n) is 10.6. The quantitative estimate of drug-likeness (QED) is 0.268. The molecule has 0 aromatic carbocycles. The zero-order valence-electron chi connectivity index (χ0n) is 16.9. The van der Waals surface area contributed by atoms with E-state index in [2.05, 4.69) is 41.3 Å². The van der Waals surface area contributed by atoms with Crippen LogP contribution in [0.25, 0.3) is 0 Å². The van der Waals surface area contributed by atoms with Crippen LogP contribution in [0.3, 0.4) is 0 Å². The predicted octanol–water partition coefficient (Wildman–Crippen LogP) is 7.89. The van der Waals surface area contributed by atoms with Gasteiger partial charge in [-0.1, -0.05) is 0 Å². The van der Waals surface area contributed by atoms with Crippen LogP contribution in [0.5, 0.6) is 0 Å². The van der Waals surface area contributed by atoms with E-state index < -0.39 is 7.26 Å². The van der Waals surface area contributed by atoms with Gasteiger partial charge in [0.1, 0.15) is 0 Å². The fraction of sp³-hybridized carbons (Fsp3) is 1.00. The molecule has 0 aliphatic rings. The molecule has 0 aromatic rings. The molecule has 0 fully saturated rings. The minimum atomic E-state index is -1.17. The SMILES string of the molecule is CCCCC(CCC)(CCCC)[PH](C)(CCCC)CCCC. The van der Waals surface area contributed by atoms with Crippen molar-refractivity contribution in [2.45, 2.75) is 117 Å². The van der Waals surface area contributed by atoms with E-state index in [9.17, 15) is 0 Å². The molecule has 0 unspecified atom stereocenters. The Kier molecular flexibility index (Phi) is 13.1. The van der Waals surface area contributed by atoms with E-state index in [0.29, 0.717) is 0 Å². The average molecular weight is 331 g/mol. The summed E-state index contributed by atoms with van der Waals surface area (Å²) >= 11 is 0. The summed E-state index contributed by atoms with van der Waals surface area (Å²) in [6, 6.07) is 0. The van der Waals surface area contributed by atoms with Gasteiger partial charge in [-0.3, -0.25) is 0 Å². The second-order valence-electron chi connectivity index (χ2n) is 8.01. The van der Waals surface area contributed by atoms with Crippen molar-refractivity contribution in [2.24, 2.45) is 0 Å². The molecule has 0 radical (unpaired) electrons. The van der Waals surface area contributed by atoms with Gasteiger partial charge in [0.2, 0.25) is 0 Å². The number of unbranched alkanes of at least 4 members (excludes halogenated alkanes) is 4. The van der Waals surface area contributed by atoms with Gasteiger partial charge in [-0.05, 0) is 0 Å². The summed E-state index contributed by atoms with van der Waals surface area (Å²) in [7, 11) is -1.17. The second kappa shape index (κ2) is 12.8. The molecule has 0 saturated heterocycles. The maximum atomic E-state index is 2.80. The molecule has 0 saturated carbocycles. The Hall–Kier alpha value is 0.430. The molecule has 0 aliphatic carbocycles. The summed E-state index contributed by atoms with van der Waals surface area (Å²) in [4.78, 5) is 0. The third-order valence-corrected chi connectivity index (χ3v) is 12.4. The van der Waals surface area contributed by atoms with E-state index in [1.165, 1.54) is 77.0 Å². The van der Waals surface area contributed by atoms with E-state index >= 15 is 0 Å². The Bertz CT molecular complexity index is 230. The van der Waals surface area contributed by atoms with Crippen LogP contribution in [0.2, 0.25) is 0 Å². The van der Waals surface area contributed by atoms with Crippen LogP contribution in [-0.2, 0) is 0 Å². The predicted molar refractivity (Wildman–Crippen MR) is 110 cm³/mol. The molecule has 0 amide bonds. The van der Waals surface area contributed by atoms with Crippen LogP contribution in [0, 0.1) is 0 Å². The summed E-state index contributed by atoms with van der Waals surface area (Å²) in [5, 5.41) is 0.748. The van der Waals surface area contributed by atoms with Gasteiger partial charge in [0.25, 0.3) is 0 Å². The van der Waals surface area contributed by atoms with Crippen molar-refractivity contribution < 1.29 is 0 Å². The summed E-state index contributed by atoms with van der Waals surface area (Å²) in [6.45, 7) is 14.8. The second-order valence-corrected chi connectivity index (χ2v) is 13.2. The zero-order valence-corrected chi connectivity index (χ0v) is 17.9. The molecule has 0 nitrogen and oxygen atoms in total. The summed E-state index contributed by atoms with van der Waals surface area (Å²) < 4.78 is 0. The molecular formula is C21H47P. The molecule has 0 rings (SSSR count). The topological polar surface area (TPSA) is 0 Å². The number of hydrogen-bond acceptors (Lipinski definition) is 0. The molecule has 0 atom stereocenters. The van der Waals surface area contributed by atoms with Crippen molar-refractivity contribution in [3.63, 3.8) is 0 Å². The third kappa shape index (κ3) is 6.90. The molecule has 22 heavy (non-hydrogen) atoms. The van der Waals surface area contributed by atoms with Crippen molar-refractivity contribution >= 4 is 7.26 Å². The minimum absolute atomic E-state index is 0.748. The molecule has 0 aromatic heterocycles. The van der Waals surface area contributed by atoms with Crippen molar-refractivity contribution in [1.29, 1.82) is 0 Å². The molecule has 0 heterocycles. The molecule has 0 bridgehead atoms. The Labute approximate surface area is 143 Å². The number of hydrogen-bond donors (Lipinski definition) is 0. The van der Waals surface area contributed by atoms with Crippen LogP contribution in [0.1, 0.15) is 112 Å². The van der Waals surface area contributed by atoms with Crippen LogP contribution in [-0.4, -0.2) is 24.1 Å². The fourth-order valence-corrected chi connectivity index (χ4v) is 10.6. The van der Waals surface area contributed by atoms with Gasteiger partial charge in [0, 0.05) is 0 Å². The van der Waals surface area contributed by atoms with Gasteiger partial charge in [0.05, 0.1) is 0 Å². The van der Waals surface area contributed by atoms with Crippen molar-refractivity contribution in [2.75, 3.05) is 19.0 Å². The average Bonchev–Trinajstić information content (AvgIpc) is 2.53. The van der Waals surface area contributed by atoms with Gasteiger partial charge in [0.15, 0.2) is 0 Å². The Morgan fingerprint density at radius 3 is 1.27 bits per heavy atom. The van der Waals surface area contributed by atoms with Crippen molar-refractivity contribution in [1.82, 2.24) is 0 Å². The van der Waals surface area contributed by atoms with Crippen LogP contribution >= 0.6 is 7.26 Å². The molecule has 0 spiro atoms. The first-order chi connectivity index (χ1) is 10.6. The fourth-order valence-electron chi connectivity index (χ4n) is 4.58. The normalized spacial score (nSPS) is 13.5. The van der Waals surface area contributed by atoms with Crippen molar-refractivity contribution in [3.05, 3.63) is 0 Å². The third-order valence-electron chi connectivity index (χ3n) is 6.19. The first kappa shape index (κ1) is 22.4. The van der Waals surface area contributed by atoms with Gasteiger partial charge in [-0.25, -0.2) is 0 Å². The Morgan fingerprint density at radius 2 is 0.955 bits per heavy atom. The van der Waals surface area contributed by atoms with E-state index in [0.717, 1.165) is 5.16 Å². The molecule has 0 aliphatic heterocycles. The molecular weight excluding hydrogens is 283 g/mol. The van der Waals surface area contributed by atoms with Crippen LogP contribution in [0.15, 0.2) is 0 Å². The zero-order chi connectivity index (χ0) is 16.9. The number of rotatable bonds is 15. The van der Waals surface area contributed by atoms with E-state index in [1.807, 2.05) is 0 Å². The Balaban J connectivity index is 5.41. The van der Waals surface area contributed by atoms with Gasteiger partial charge < -0.3 is 0 Å². The van der Waals surface area contributed by atoms with Gasteiger partial charge >= 0.3 is 143 Å². The van der Waals surface area contributed by atoms with E-state index in [-0.39, 0.29) is 0 Å². The first-order valence-corrected chi connectivity index (χ1v) is 13.5. The summed E-state index contributed by atoms with van der Waals surface area (Å²) in [6.07, 6.45) is 20.6. The van der Waals surface area contributed by atoms with Gasteiger partial charge in [-0.15, -0.1) is 0 Å².